The quantitative estimate of drug-likeness (QED) is 0.518. The van der Waals surface area contributed by atoms with Gasteiger partial charge in [-0.1, -0.05) is 12.8 Å². The first-order chi connectivity index (χ1) is 6.15. The van der Waals surface area contributed by atoms with E-state index in [-0.39, 0.29) is 5.91 Å². The summed E-state index contributed by atoms with van der Waals surface area (Å²) in [7, 11) is 0. The van der Waals surface area contributed by atoms with Crippen LogP contribution in [0.15, 0.2) is 0 Å². The van der Waals surface area contributed by atoms with E-state index in [1.54, 1.807) is 6.92 Å². The molecule has 1 rings (SSSR count). The first-order valence-corrected chi connectivity index (χ1v) is 4.88. The van der Waals surface area contributed by atoms with E-state index in [0.717, 1.165) is 25.3 Å². The fourth-order valence-corrected chi connectivity index (χ4v) is 1.89. The highest BCUT2D eigenvalue weighted by atomic mass is 16.2. The maximum atomic E-state index is 11.5. The van der Waals surface area contributed by atoms with Crippen LogP contribution in [0.2, 0.25) is 0 Å². The third-order valence-electron chi connectivity index (χ3n) is 2.63. The predicted octanol–water partition coefficient (Wildman–Crippen LogP) is 1.66. The van der Waals surface area contributed by atoms with Gasteiger partial charge in [-0.3, -0.25) is 4.79 Å². The number of carbonyl (C=O) groups excluding carboxylic acids is 1. The van der Waals surface area contributed by atoms with Crippen molar-refractivity contribution >= 4 is 5.91 Å². The second-order valence-electron chi connectivity index (χ2n) is 3.85. The monoisotopic (exact) mass is 179 g/mol. The molecule has 0 aliphatic carbocycles. The molecule has 0 bridgehead atoms. The van der Waals surface area contributed by atoms with E-state index in [2.05, 4.69) is 25.7 Å². The minimum absolute atomic E-state index is 0.0121. The van der Waals surface area contributed by atoms with Gasteiger partial charge < -0.3 is 4.90 Å². The second-order valence-corrected chi connectivity index (χ2v) is 3.85. The zero-order valence-corrected chi connectivity index (χ0v) is 8.63. The molecule has 1 saturated heterocycles. The molecule has 1 aliphatic heterocycles. The molecule has 0 radical (unpaired) electrons. The third-order valence-corrected chi connectivity index (χ3v) is 2.63. The largest absolute Gasteiger partial charge is 0.329 e. The Morgan fingerprint density at radius 3 is 2.69 bits per heavy atom. The number of hydrogen-bond donors (Lipinski definition) is 0. The molecule has 0 aromatic heterocycles. The lowest BCUT2D eigenvalue weighted by molar-refractivity contribution is -0.128. The van der Waals surface area contributed by atoms with Crippen molar-refractivity contribution in [2.75, 3.05) is 6.54 Å². The van der Waals surface area contributed by atoms with E-state index in [4.69, 9.17) is 0 Å². The highest BCUT2D eigenvalue weighted by Gasteiger charge is 2.25. The summed E-state index contributed by atoms with van der Waals surface area (Å²) in [5.41, 5.74) is 0. The smallest absolute Gasteiger partial charge is 0.298 e. The van der Waals surface area contributed by atoms with Crippen LogP contribution in [-0.4, -0.2) is 23.4 Å². The Labute approximate surface area is 80.3 Å². The number of carbonyl (C=O) groups is 1. The van der Waals surface area contributed by atoms with E-state index in [1.165, 1.54) is 0 Å². The predicted molar refractivity (Wildman–Crippen MR) is 53.0 cm³/mol. The van der Waals surface area contributed by atoms with Gasteiger partial charge in [0.1, 0.15) is 0 Å². The van der Waals surface area contributed by atoms with Crippen LogP contribution >= 0.6 is 0 Å². The van der Waals surface area contributed by atoms with Gasteiger partial charge in [0.25, 0.3) is 5.91 Å². The lowest BCUT2D eigenvalue weighted by Gasteiger charge is -2.35. The zero-order valence-electron chi connectivity index (χ0n) is 8.63. The molecule has 13 heavy (non-hydrogen) atoms. The number of amides is 1. The van der Waals surface area contributed by atoms with E-state index in [1.807, 2.05) is 4.90 Å². The topological polar surface area (TPSA) is 20.3 Å². The van der Waals surface area contributed by atoms with Gasteiger partial charge in [0.2, 0.25) is 0 Å². The second kappa shape index (κ2) is 4.32. The highest BCUT2D eigenvalue weighted by Crippen LogP contribution is 2.21. The van der Waals surface area contributed by atoms with E-state index < -0.39 is 0 Å². The van der Waals surface area contributed by atoms with Gasteiger partial charge in [-0.15, -0.1) is 0 Å². The molecule has 2 heteroatoms. The average molecular weight is 179 g/mol. The summed E-state index contributed by atoms with van der Waals surface area (Å²) < 4.78 is 0. The lowest BCUT2D eigenvalue weighted by Crippen LogP contribution is -2.43. The van der Waals surface area contributed by atoms with E-state index in [9.17, 15) is 4.79 Å². The summed E-state index contributed by atoms with van der Waals surface area (Å²) in [5.74, 6) is 5.98. The summed E-state index contributed by atoms with van der Waals surface area (Å²) in [4.78, 5) is 13.4. The molecule has 2 nitrogen and oxygen atoms in total. The molecule has 1 aliphatic rings. The minimum atomic E-state index is -0.0121. The molecule has 1 amide bonds. The van der Waals surface area contributed by atoms with Crippen LogP contribution in [0.25, 0.3) is 0 Å². The van der Waals surface area contributed by atoms with Gasteiger partial charge in [0.15, 0.2) is 0 Å². The molecule has 72 valence electrons. The zero-order chi connectivity index (χ0) is 9.84. The highest BCUT2D eigenvalue weighted by molar-refractivity contribution is 5.93. The number of rotatable bonds is 0. The Bertz CT molecular complexity index is 249. The van der Waals surface area contributed by atoms with Gasteiger partial charge in [0, 0.05) is 12.6 Å². The molecule has 0 aromatic carbocycles. The lowest BCUT2D eigenvalue weighted by atomic mass is 9.93. The molecular formula is C11H17NO. The molecule has 0 aromatic rings. The van der Waals surface area contributed by atoms with E-state index >= 15 is 0 Å². The fraction of sp³-hybridized carbons (Fsp3) is 0.727. The van der Waals surface area contributed by atoms with Crippen molar-refractivity contribution in [2.24, 2.45) is 5.92 Å². The van der Waals surface area contributed by atoms with Crippen LogP contribution in [-0.2, 0) is 4.79 Å². The number of hydrogen-bond acceptors (Lipinski definition) is 1. The molecule has 1 heterocycles. The van der Waals surface area contributed by atoms with Gasteiger partial charge in [0.05, 0.1) is 0 Å². The van der Waals surface area contributed by atoms with Crippen molar-refractivity contribution in [3.8, 4) is 11.8 Å². The summed E-state index contributed by atoms with van der Waals surface area (Å²) >= 11 is 0. The molecule has 1 fully saturated rings. The van der Waals surface area contributed by atoms with Crippen molar-refractivity contribution in [3.05, 3.63) is 0 Å². The van der Waals surface area contributed by atoms with Crippen LogP contribution < -0.4 is 0 Å². The Morgan fingerprint density at radius 1 is 1.46 bits per heavy atom. The molecule has 0 unspecified atom stereocenters. The maximum Gasteiger partial charge on any atom is 0.298 e. The summed E-state index contributed by atoms with van der Waals surface area (Å²) in [6.07, 6.45) is 2.22. The number of likely N-dealkylation sites (tertiary alicyclic amines) is 1. The van der Waals surface area contributed by atoms with Gasteiger partial charge in [-0.25, -0.2) is 0 Å². The van der Waals surface area contributed by atoms with Crippen LogP contribution in [0.4, 0.5) is 0 Å². The molecule has 0 saturated carbocycles. The molecule has 2 atom stereocenters. The summed E-state index contributed by atoms with van der Waals surface area (Å²) in [6, 6.07) is 0.358. The Kier molecular flexibility index (Phi) is 3.36. The van der Waals surface area contributed by atoms with Gasteiger partial charge in [-0.2, -0.15) is 0 Å². The minimum Gasteiger partial charge on any atom is -0.329 e. The van der Waals surface area contributed by atoms with Crippen molar-refractivity contribution in [2.45, 2.75) is 39.7 Å². The average Bonchev–Trinajstić information content (AvgIpc) is 2.04. The molecule has 0 N–H and O–H groups in total. The van der Waals surface area contributed by atoms with Gasteiger partial charge >= 0.3 is 0 Å². The Balaban J connectivity index is 2.59. The van der Waals surface area contributed by atoms with E-state index in [0.29, 0.717) is 6.04 Å². The fourth-order valence-electron chi connectivity index (χ4n) is 1.89. The normalized spacial score (nSPS) is 27.8. The Hall–Kier alpha value is -0.970. The number of piperidine rings is 1. The van der Waals surface area contributed by atoms with Crippen molar-refractivity contribution in [1.82, 2.24) is 4.90 Å². The molecular weight excluding hydrogens is 162 g/mol. The summed E-state index contributed by atoms with van der Waals surface area (Å²) in [6.45, 7) is 6.92. The standard InChI is InChI=1S/C11H17NO/c1-4-5-11(13)12-7-6-9(2)8-10(12)3/h9-10H,6-8H2,1-3H3/t9-,10-/m0/s1. The molecule has 0 spiro atoms. The third kappa shape index (κ3) is 2.48. The van der Waals surface area contributed by atoms with Crippen molar-refractivity contribution < 1.29 is 4.79 Å². The van der Waals surface area contributed by atoms with Crippen molar-refractivity contribution in [1.29, 1.82) is 0 Å². The van der Waals surface area contributed by atoms with Crippen LogP contribution in [0.5, 0.6) is 0 Å². The van der Waals surface area contributed by atoms with Gasteiger partial charge in [-0.05, 0) is 38.5 Å². The first-order valence-electron chi connectivity index (χ1n) is 4.88. The summed E-state index contributed by atoms with van der Waals surface area (Å²) in [5, 5.41) is 0. The van der Waals surface area contributed by atoms with Crippen LogP contribution in [0.3, 0.4) is 0 Å². The van der Waals surface area contributed by atoms with Crippen molar-refractivity contribution in [3.63, 3.8) is 0 Å². The Morgan fingerprint density at radius 2 is 2.15 bits per heavy atom. The van der Waals surface area contributed by atoms with Crippen LogP contribution in [0, 0.1) is 17.8 Å². The maximum absolute atomic E-state index is 11.5. The SMILES string of the molecule is CC#CC(=O)N1CC[C@H](C)C[C@@H]1C. The number of nitrogens with zero attached hydrogens (tertiary/aromatic N) is 1. The van der Waals surface area contributed by atoms with Crippen LogP contribution in [0.1, 0.15) is 33.6 Å². The first kappa shape index (κ1) is 10.1.